The third-order valence-corrected chi connectivity index (χ3v) is 1.76. The van der Waals surface area contributed by atoms with Crippen molar-refractivity contribution in [2.75, 3.05) is 0 Å². The molecule has 66 valence electrons. The summed E-state index contributed by atoms with van der Waals surface area (Å²) >= 11 is 0. The van der Waals surface area contributed by atoms with Crippen LogP contribution in [0.25, 0.3) is 5.57 Å². The summed E-state index contributed by atoms with van der Waals surface area (Å²) in [5.41, 5.74) is 1.91. The van der Waals surface area contributed by atoms with E-state index in [0.717, 1.165) is 11.3 Å². The fraction of sp³-hybridized carbons (Fsp3) is 0.111. The van der Waals surface area contributed by atoms with E-state index < -0.39 is 0 Å². The highest BCUT2D eigenvalue weighted by molar-refractivity contribution is 5.71. The Hall–Kier alpha value is -1.84. The Kier molecular flexibility index (Phi) is 1.96. The highest BCUT2D eigenvalue weighted by atomic mass is 16.4. The molecule has 0 saturated heterocycles. The average molecular weight is 175 g/mol. The first-order chi connectivity index (χ1) is 6.38. The van der Waals surface area contributed by atoms with Gasteiger partial charge in [0.1, 0.15) is 0 Å². The fourth-order valence-corrected chi connectivity index (χ4v) is 1.11. The van der Waals surface area contributed by atoms with Gasteiger partial charge in [0.2, 0.25) is 12.3 Å². The molecule has 0 unspecified atom stereocenters. The maximum absolute atomic E-state index is 5.10. The summed E-state index contributed by atoms with van der Waals surface area (Å²) in [6.45, 7) is 1.96. The molecule has 13 heavy (non-hydrogen) atoms. The molecule has 0 spiro atoms. The van der Waals surface area contributed by atoms with E-state index >= 15 is 0 Å². The van der Waals surface area contributed by atoms with E-state index in [1.165, 1.54) is 6.39 Å². The first-order valence-corrected chi connectivity index (χ1v) is 3.95. The van der Waals surface area contributed by atoms with Crippen molar-refractivity contribution < 1.29 is 4.42 Å². The zero-order valence-corrected chi connectivity index (χ0v) is 7.19. The first-order valence-electron chi connectivity index (χ1n) is 3.95. The maximum atomic E-state index is 5.10. The molecule has 1 aliphatic heterocycles. The van der Waals surface area contributed by atoms with E-state index in [4.69, 9.17) is 4.42 Å². The second-order valence-corrected chi connectivity index (χ2v) is 2.65. The van der Waals surface area contributed by atoms with Crippen LogP contribution in [0.15, 0.2) is 40.9 Å². The standard InChI is InChI=1S/C9H9N3O/c1-7-8(4-2-3-5-10-7)9-12-11-6-13-9/h2-6,10H,1H3. The van der Waals surface area contributed by atoms with E-state index in [2.05, 4.69) is 15.5 Å². The van der Waals surface area contributed by atoms with Crippen LogP contribution in [0.1, 0.15) is 12.8 Å². The summed E-state index contributed by atoms with van der Waals surface area (Å²) < 4.78 is 5.10. The molecule has 0 amide bonds. The molecule has 1 aromatic rings. The average Bonchev–Trinajstić information content (AvgIpc) is 2.56. The number of hydrogen-bond donors (Lipinski definition) is 1. The van der Waals surface area contributed by atoms with Crippen LogP contribution in [0.5, 0.6) is 0 Å². The van der Waals surface area contributed by atoms with E-state index in [0.29, 0.717) is 5.89 Å². The quantitative estimate of drug-likeness (QED) is 0.702. The SMILES string of the molecule is CC1=C(c2nnco2)C=CC=CN1. The second kappa shape index (κ2) is 3.26. The molecule has 2 rings (SSSR count). The van der Waals surface area contributed by atoms with Gasteiger partial charge in [-0.1, -0.05) is 6.08 Å². The molecule has 0 aromatic carbocycles. The van der Waals surface area contributed by atoms with Crippen molar-refractivity contribution in [1.29, 1.82) is 0 Å². The van der Waals surface area contributed by atoms with E-state index in [9.17, 15) is 0 Å². The van der Waals surface area contributed by atoms with Crippen LogP contribution in [0, 0.1) is 0 Å². The highest BCUT2D eigenvalue weighted by Gasteiger charge is 2.08. The van der Waals surface area contributed by atoms with Gasteiger partial charge in [-0.25, -0.2) is 0 Å². The van der Waals surface area contributed by atoms with Crippen LogP contribution in [0.3, 0.4) is 0 Å². The normalized spacial score (nSPS) is 15.8. The lowest BCUT2D eigenvalue weighted by atomic mass is 10.2. The van der Waals surface area contributed by atoms with Gasteiger partial charge < -0.3 is 9.73 Å². The molecule has 1 aliphatic rings. The number of rotatable bonds is 1. The molecular weight excluding hydrogens is 166 g/mol. The van der Waals surface area contributed by atoms with E-state index in [1.54, 1.807) is 0 Å². The number of hydrogen-bond acceptors (Lipinski definition) is 4. The van der Waals surface area contributed by atoms with Gasteiger partial charge in [-0.2, -0.15) is 0 Å². The van der Waals surface area contributed by atoms with E-state index in [-0.39, 0.29) is 0 Å². The molecule has 0 saturated carbocycles. The van der Waals surface area contributed by atoms with Gasteiger partial charge in [0.25, 0.3) is 0 Å². The minimum absolute atomic E-state index is 0.532. The van der Waals surface area contributed by atoms with Crippen LogP contribution in [-0.2, 0) is 0 Å². The van der Waals surface area contributed by atoms with Crippen LogP contribution in [0.4, 0.5) is 0 Å². The summed E-state index contributed by atoms with van der Waals surface area (Å²) in [7, 11) is 0. The third kappa shape index (κ3) is 1.51. The van der Waals surface area contributed by atoms with Crippen LogP contribution >= 0.6 is 0 Å². The molecule has 0 aliphatic carbocycles. The van der Waals surface area contributed by atoms with Gasteiger partial charge in [0.05, 0.1) is 5.57 Å². The first kappa shape index (κ1) is 7.79. The Bertz CT molecular complexity index is 374. The van der Waals surface area contributed by atoms with Crippen LogP contribution in [0.2, 0.25) is 0 Å². The summed E-state index contributed by atoms with van der Waals surface area (Å²) in [5, 5.41) is 10.6. The van der Waals surface area contributed by atoms with Crippen molar-refractivity contribution in [3.05, 3.63) is 42.4 Å². The molecular formula is C9H9N3O. The van der Waals surface area contributed by atoms with E-state index in [1.807, 2.05) is 31.4 Å². The minimum Gasteiger partial charge on any atom is -0.423 e. The second-order valence-electron chi connectivity index (χ2n) is 2.65. The highest BCUT2D eigenvalue weighted by Crippen LogP contribution is 2.17. The lowest BCUT2D eigenvalue weighted by Crippen LogP contribution is -2.02. The van der Waals surface area contributed by atoms with Crippen LogP contribution < -0.4 is 5.32 Å². The summed E-state index contributed by atoms with van der Waals surface area (Å²) in [4.78, 5) is 0. The Morgan fingerprint density at radius 1 is 1.38 bits per heavy atom. The molecule has 1 aromatic heterocycles. The van der Waals surface area contributed by atoms with Gasteiger partial charge in [-0.15, -0.1) is 10.2 Å². The molecule has 4 heteroatoms. The summed E-state index contributed by atoms with van der Waals surface area (Å²) in [6.07, 6.45) is 8.94. The number of allylic oxidation sites excluding steroid dienone is 5. The molecule has 0 bridgehead atoms. The topological polar surface area (TPSA) is 51.0 Å². The fourth-order valence-electron chi connectivity index (χ4n) is 1.11. The van der Waals surface area contributed by atoms with Gasteiger partial charge >= 0.3 is 0 Å². The molecule has 1 N–H and O–H groups in total. The number of nitrogens with one attached hydrogen (secondary N) is 1. The molecule has 0 radical (unpaired) electrons. The Morgan fingerprint density at radius 3 is 3.08 bits per heavy atom. The zero-order chi connectivity index (χ0) is 9.10. The zero-order valence-electron chi connectivity index (χ0n) is 7.19. The van der Waals surface area contributed by atoms with Gasteiger partial charge in [0, 0.05) is 11.9 Å². The summed E-state index contributed by atoms with van der Waals surface area (Å²) in [5.74, 6) is 0.532. The monoisotopic (exact) mass is 175 g/mol. The molecule has 4 nitrogen and oxygen atoms in total. The smallest absolute Gasteiger partial charge is 0.249 e. The van der Waals surface area contributed by atoms with Crippen molar-refractivity contribution in [1.82, 2.24) is 15.5 Å². The molecule has 0 fully saturated rings. The predicted molar refractivity (Wildman–Crippen MR) is 48.3 cm³/mol. The minimum atomic E-state index is 0.532. The number of nitrogens with zero attached hydrogens (tertiary/aromatic N) is 2. The Labute approximate surface area is 75.7 Å². The largest absolute Gasteiger partial charge is 0.423 e. The van der Waals surface area contributed by atoms with Crippen LogP contribution in [-0.4, -0.2) is 10.2 Å². The van der Waals surface area contributed by atoms with Gasteiger partial charge in [-0.05, 0) is 19.1 Å². The molecule has 0 atom stereocenters. The lowest BCUT2D eigenvalue weighted by Gasteiger charge is -2.01. The molecule has 2 heterocycles. The van der Waals surface area contributed by atoms with Crippen molar-refractivity contribution in [2.45, 2.75) is 6.92 Å². The van der Waals surface area contributed by atoms with Gasteiger partial charge in [0.15, 0.2) is 0 Å². The maximum Gasteiger partial charge on any atom is 0.249 e. The summed E-state index contributed by atoms with van der Waals surface area (Å²) in [6, 6.07) is 0. The van der Waals surface area contributed by atoms with Gasteiger partial charge in [-0.3, -0.25) is 0 Å². The predicted octanol–water partition coefficient (Wildman–Crippen LogP) is 1.47. The Morgan fingerprint density at radius 2 is 2.31 bits per heavy atom. The van der Waals surface area contributed by atoms with Crippen molar-refractivity contribution in [2.24, 2.45) is 0 Å². The van der Waals surface area contributed by atoms with Crippen molar-refractivity contribution >= 4 is 5.57 Å². The lowest BCUT2D eigenvalue weighted by molar-refractivity contribution is 0.538. The third-order valence-electron chi connectivity index (χ3n) is 1.76. The van der Waals surface area contributed by atoms with Crippen molar-refractivity contribution in [3.8, 4) is 0 Å². The Balaban J connectivity index is 2.42. The van der Waals surface area contributed by atoms with Crippen molar-refractivity contribution in [3.63, 3.8) is 0 Å². The number of aromatic nitrogens is 2.